The van der Waals surface area contributed by atoms with E-state index in [-0.39, 0.29) is 5.82 Å². The van der Waals surface area contributed by atoms with Crippen LogP contribution in [0.15, 0.2) is 48.7 Å². The maximum absolute atomic E-state index is 13.1. The van der Waals surface area contributed by atoms with Crippen LogP contribution in [0.1, 0.15) is 36.0 Å². The molecule has 1 fully saturated rings. The van der Waals surface area contributed by atoms with Gasteiger partial charge in [0.05, 0.1) is 28.5 Å². The predicted octanol–water partition coefficient (Wildman–Crippen LogP) is 4.38. The van der Waals surface area contributed by atoms with E-state index in [0.717, 1.165) is 18.4 Å². The van der Waals surface area contributed by atoms with Gasteiger partial charge in [-0.2, -0.15) is 0 Å². The van der Waals surface area contributed by atoms with Crippen molar-refractivity contribution in [1.82, 2.24) is 15.0 Å². The second-order valence-corrected chi connectivity index (χ2v) is 6.83. The molecular weight excluding hydrogens is 345 g/mol. The highest BCUT2D eigenvalue weighted by molar-refractivity contribution is 5.93. The van der Waals surface area contributed by atoms with Gasteiger partial charge in [0.25, 0.3) is 0 Å². The molecule has 0 radical (unpaired) electrons. The summed E-state index contributed by atoms with van der Waals surface area (Å²) in [7, 11) is 1.81. The van der Waals surface area contributed by atoms with Crippen molar-refractivity contribution in [3.63, 3.8) is 0 Å². The first-order valence-electron chi connectivity index (χ1n) is 9.08. The standard InChI is InChI=1S/C21H20FN3O2/c1-25(17-4-2-3-5-17)27-21(26)15-8-11-18-19(12-15)23-13-20(24-18)14-6-9-16(22)10-7-14/h6-13,17H,2-5H2,1H3. The van der Waals surface area contributed by atoms with Crippen LogP contribution in [0.25, 0.3) is 22.3 Å². The lowest BCUT2D eigenvalue weighted by molar-refractivity contribution is -0.117. The van der Waals surface area contributed by atoms with E-state index in [1.807, 2.05) is 7.05 Å². The Kier molecular flexibility index (Phi) is 4.81. The van der Waals surface area contributed by atoms with Crippen molar-refractivity contribution in [2.45, 2.75) is 31.7 Å². The summed E-state index contributed by atoms with van der Waals surface area (Å²) in [4.78, 5) is 26.9. The quantitative estimate of drug-likeness (QED) is 0.642. The lowest BCUT2D eigenvalue weighted by Crippen LogP contribution is -2.31. The minimum absolute atomic E-state index is 0.293. The van der Waals surface area contributed by atoms with Gasteiger partial charge < -0.3 is 4.84 Å². The average molecular weight is 365 g/mol. The highest BCUT2D eigenvalue weighted by Crippen LogP contribution is 2.24. The van der Waals surface area contributed by atoms with Gasteiger partial charge in [0.2, 0.25) is 0 Å². The zero-order chi connectivity index (χ0) is 18.8. The number of carbonyl (C=O) groups excluding carboxylic acids is 1. The summed E-state index contributed by atoms with van der Waals surface area (Å²) in [6.45, 7) is 0. The van der Waals surface area contributed by atoms with Crippen molar-refractivity contribution in [3.05, 3.63) is 60.0 Å². The summed E-state index contributed by atoms with van der Waals surface area (Å²) >= 11 is 0. The second-order valence-electron chi connectivity index (χ2n) is 6.83. The van der Waals surface area contributed by atoms with E-state index in [1.54, 1.807) is 41.6 Å². The Bertz CT molecular complexity index is 969. The Morgan fingerprint density at radius 1 is 1.11 bits per heavy atom. The maximum Gasteiger partial charge on any atom is 0.357 e. The summed E-state index contributed by atoms with van der Waals surface area (Å²) < 4.78 is 13.1. The molecule has 0 unspecified atom stereocenters. The highest BCUT2D eigenvalue weighted by atomic mass is 19.1. The highest BCUT2D eigenvalue weighted by Gasteiger charge is 2.23. The lowest BCUT2D eigenvalue weighted by atomic mass is 10.1. The number of halogens is 1. The third-order valence-electron chi connectivity index (χ3n) is 4.98. The lowest BCUT2D eigenvalue weighted by Gasteiger charge is -2.22. The number of fused-ring (bicyclic) bond motifs is 1. The van der Waals surface area contributed by atoms with Gasteiger partial charge in [-0.3, -0.25) is 4.98 Å². The normalized spacial score (nSPS) is 14.8. The molecule has 1 aromatic heterocycles. The molecule has 0 amide bonds. The molecule has 0 aliphatic heterocycles. The molecule has 1 aliphatic rings. The van der Waals surface area contributed by atoms with Crippen LogP contribution in [0.2, 0.25) is 0 Å². The van der Waals surface area contributed by atoms with Crippen molar-refractivity contribution < 1.29 is 14.0 Å². The summed E-state index contributed by atoms with van der Waals surface area (Å²) in [5, 5.41) is 1.67. The van der Waals surface area contributed by atoms with Crippen LogP contribution in [0, 0.1) is 5.82 Å². The van der Waals surface area contributed by atoms with Crippen molar-refractivity contribution in [2.24, 2.45) is 0 Å². The summed E-state index contributed by atoms with van der Waals surface area (Å²) in [6, 6.07) is 11.5. The van der Waals surface area contributed by atoms with Gasteiger partial charge in [-0.05, 0) is 55.3 Å². The van der Waals surface area contributed by atoms with Gasteiger partial charge in [-0.15, -0.1) is 5.06 Å². The number of hydroxylamine groups is 2. The Labute approximate surface area is 156 Å². The fraction of sp³-hybridized carbons (Fsp3) is 0.286. The monoisotopic (exact) mass is 365 g/mol. The smallest absolute Gasteiger partial charge is 0.357 e. The minimum Gasteiger partial charge on any atom is -0.364 e. The second kappa shape index (κ2) is 7.40. The van der Waals surface area contributed by atoms with Gasteiger partial charge in [0, 0.05) is 18.7 Å². The van der Waals surface area contributed by atoms with Crippen molar-refractivity contribution >= 4 is 17.0 Å². The zero-order valence-corrected chi connectivity index (χ0v) is 15.1. The van der Waals surface area contributed by atoms with Crippen LogP contribution in [0.5, 0.6) is 0 Å². The number of aromatic nitrogens is 2. The molecule has 138 valence electrons. The van der Waals surface area contributed by atoms with Crippen LogP contribution >= 0.6 is 0 Å². The third kappa shape index (κ3) is 3.80. The predicted molar refractivity (Wildman–Crippen MR) is 100 cm³/mol. The number of benzene rings is 2. The Morgan fingerprint density at radius 3 is 2.59 bits per heavy atom. The molecule has 1 saturated carbocycles. The molecule has 4 rings (SSSR count). The van der Waals surface area contributed by atoms with Crippen LogP contribution in [-0.2, 0) is 4.84 Å². The van der Waals surface area contributed by atoms with Gasteiger partial charge in [0.15, 0.2) is 0 Å². The number of nitrogens with zero attached hydrogens (tertiary/aromatic N) is 3. The Morgan fingerprint density at radius 2 is 1.85 bits per heavy atom. The van der Waals surface area contributed by atoms with E-state index in [9.17, 15) is 9.18 Å². The third-order valence-corrected chi connectivity index (χ3v) is 4.98. The van der Waals surface area contributed by atoms with E-state index >= 15 is 0 Å². The SMILES string of the molecule is CN(OC(=O)c1ccc2nc(-c3ccc(F)cc3)cnc2c1)C1CCCC1. The first-order valence-corrected chi connectivity index (χ1v) is 9.08. The molecule has 0 bridgehead atoms. The number of rotatable bonds is 4. The fourth-order valence-electron chi connectivity index (χ4n) is 3.42. The molecule has 0 spiro atoms. The Hall–Kier alpha value is -2.86. The topological polar surface area (TPSA) is 55.3 Å². The summed E-state index contributed by atoms with van der Waals surface area (Å²) in [6.07, 6.45) is 6.08. The molecule has 2 aromatic carbocycles. The first kappa shape index (κ1) is 17.5. The van der Waals surface area contributed by atoms with E-state index in [4.69, 9.17) is 4.84 Å². The average Bonchev–Trinajstić information content (AvgIpc) is 3.23. The minimum atomic E-state index is -0.393. The first-order chi connectivity index (χ1) is 13.1. The van der Waals surface area contributed by atoms with Gasteiger partial charge in [0.1, 0.15) is 5.82 Å². The largest absolute Gasteiger partial charge is 0.364 e. The van der Waals surface area contributed by atoms with Crippen LogP contribution < -0.4 is 0 Å². The van der Waals surface area contributed by atoms with Crippen molar-refractivity contribution in [1.29, 1.82) is 0 Å². The molecule has 5 nitrogen and oxygen atoms in total. The molecule has 0 saturated heterocycles. The van der Waals surface area contributed by atoms with Crippen LogP contribution in [0.4, 0.5) is 4.39 Å². The Balaban J connectivity index is 1.54. The van der Waals surface area contributed by atoms with Gasteiger partial charge in [-0.25, -0.2) is 14.2 Å². The van der Waals surface area contributed by atoms with Crippen LogP contribution in [-0.4, -0.2) is 34.1 Å². The fourth-order valence-corrected chi connectivity index (χ4v) is 3.42. The molecule has 1 heterocycles. The maximum atomic E-state index is 13.1. The number of carbonyl (C=O) groups is 1. The molecule has 3 aromatic rings. The summed E-state index contributed by atoms with van der Waals surface area (Å²) in [5.41, 5.74) is 3.15. The molecule has 27 heavy (non-hydrogen) atoms. The number of hydrogen-bond acceptors (Lipinski definition) is 5. The summed E-state index contributed by atoms with van der Waals surface area (Å²) in [5.74, 6) is -0.686. The van der Waals surface area contributed by atoms with E-state index in [2.05, 4.69) is 9.97 Å². The van der Waals surface area contributed by atoms with Gasteiger partial charge >= 0.3 is 5.97 Å². The molecule has 0 atom stereocenters. The molecule has 6 heteroatoms. The van der Waals surface area contributed by atoms with E-state index in [1.165, 1.54) is 25.0 Å². The molecular formula is C21H20FN3O2. The van der Waals surface area contributed by atoms with E-state index < -0.39 is 5.97 Å². The van der Waals surface area contributed by atoms with Crippen molar-refractivity contribution in [2.75, 3.05) is 7.05 Å². The molecule has 0 N–H and O–H groups in total. The van der Waals surface area contributed by atoms with E-state index in [0.29, 0.717) is 28.3 Å². The molecule has 1 aliphatic carbocycles. The zero-order valence-electron chi connectivity index (χ0n) is 15.1. The van der Waals surface area contributed by atoms with Crippen LogP contribution in [0.3, 0.4) is 0 Å². The number of hydrogen-bond donors (Lipinski definition) is 0. The van der Waals surface area contributed by atoms with Gasteiger partial charge in [-0.1, -0.05) is 12.8 Å². The van der Waals surface area contributed by atoms with Crippen molar-refractivity contribution in [3.8, 4) is 11.3 Å².